The fourth-order valence-corrected chi connectivity index (χ4v) is 2.32. The number of rotatable bonds is 2. The Morgan fingerprint density at radius 2 is 2.40 bits per heavy atom. The van der Waals surface area contributed by atoms with Crippen molar-refractivity contribution in [2.75, 3.05) is 6.54 Å². The first-order chi connectivity index (χ1) is 7.22. The Kier molecular flexibility index (Phi) is 3.02. The molecule has 0 bridgehead atoms. The number of hydrogen-bond donors (Lipinski definition) is 2. The van der Waals surface area contributed by atoms with Crippen LogP contribution in [-0.2, 0) is 7.05 Å². The van der Waals surface area contributed by atoms with Gasteiger partial charge in [0.1, 0.15) is 0 Å². The quantitative estimate of drug-likeness (QED) is 0.730. The van der Waals surface area contributed by atoms with Crippen LogP contribution in [0.2, 0.25) is 0 Å². The number of aromatic nitrogens is 3. The van der Waals surface area contributed by atoms with Crippen molar-refractivity contribution >= 4 is 0 Å². The van der Waals surface area contributed by atoms with Crippen molar-refractivity contribution in [1.82, 2.24) is 20.3 Å². The van der Waals surface area contributed by atoms with Crippen molar-refractivity contribution < 1.29 is 0 Å². The number of hydrogen-bond acceptors (Lipinski definition) is 4. The molecular weight excluding hydrogens is 190 g/mol. The van der Waals surface area contributed by atoms with Crippen LogP contribution in [-0.4, -0.2) is 27.6 Å². The molecule has 2 heterocycles. The van der Waals surface area contributed by atoms with Gasteiger partial charge in [-0.15, -0.1) is 5.10 Å². The van der Waals surface area contributed by atoms with E-state index in [2.05, 4.69) is 22.6 Å². The summed E-state index contributed by atoms with van der Waals surface area (Å²) in [7, 11) is 1.93. The molecule has 0 aromatic carbocycles. The second-order valence-corrected chi connectivity index (χ2v) is 4.40. The lowest BCUT2D eigenvalue weighted by atomic mass is 9.86. The molecule has 0 radical (unpaired) electrons. The molecule has 5 nitrogen and oxygen atoms in total. The summed E-state index contributed by atoms with van der Waals surface area (Å²) in [6, 6.07) is 0.853. The molecule has 3 N–H and O–H groups in total. The Hall–Kier alpha value is -0.940. The smallest absolute Gasteiger partial charge is 0.0756 e. The van der Waals surface area contributed by atoms with E-state index < -0.39 is 0 Å². The monoisotopic (exact) mass is 209 g/mol. The number of aryl methyl sites for hydroxylation is 1. The zero-order valence-corrected chi connectivity index (χ0v) is 9.35. The Bertz CT molecular complexity index is 321. The molecule has 1 aliphatic heterocycles. The molecule has 5 heteroatoms. The summed E-state index contributed by atoms with van der Waals surface area (Å²) in [6.45, 7) is 2.93. The molecule has 15 heavy (non-hydrogen) atoms. The van der Waals surface area contributed by atoms with E-state index in [9.17, 15) is 0 Å². The van der Waals surface area contributed by atoms with E-state index in [1.54, 1.807) is 0 Å². The van der Waals surface area contributed by atoms with Crippen LogP contribution >= 0.6 is 0 Å². The molecule has 3 unspecified atom stereocenters. The van der Waals surface area contributed by atoms with Crippen LogP contribution in [0.3, 0.4) is 0 Å². The molecule has 1 fully saturated rings. The van der Waals surface area contributed by atoms with Gasteiger partial charge in [-0.2, -0.15) is 0 Å². The molecule has 3 atom stereocenters. The average molecular weight is 209 g/mol. The summed E-state index contributed by atoms with van der Waals surface area (Å²) in [5.74, 6) is 0.499. The summed E-state index contributed by atoms with van der Waals surface area (Å²) >= 11 is 0. The predicted octanol–water partition coefficient (Wildman–Crippen LogP) is 0.203. The highest BCUT2D eigenvalue weighted by Gasteiger charge is 2.30. The lowest BCUT2D eigenvalue weighted by Gasteiger charge is -2.35. The average Bonchev–Trinajstić information content (AvgIpc) is 2.64. The van der Waals surface area contributed by atoms with E-state index in [4.69, 9.17) is 5.73 Å². The van der Waals surface area contributed by atoms with Gasteiger partial charge in [-0.1, -0.05) is 5.21 Å². The van der Waals surface area contributed by atoms with E-state index in [1.165, 1.54) is 12.8 Å². The molecule has 1 aromatic rings. The largest absolute Gasteiger partial charge is 0.330 e. The highest BCUT2D eigenvalue weighted by Crippen LogP contribution is 2.29. The van der Waals surface area contributed by atoms with Crippen molar-refractivity contribution in [3.05, 3.63) is 11.9 Å². The first-order valence-corrected chi connectivity index (χ1v) is 5.53. The highest BCUT2D eigenvalue weighted by molar-refractivity contribution is 5.06. The molecule has 0 aliphatic carbocycles. The zero-order chi connectivity index (χ0) is 10.8. The third kappa shape index (κ3) is 2.03. The maximum atomic E-state index is 5.81. The van der Waals surface area contributed by atoms with Crippen molar-refractivity contribution in [1.29, 1.82) is 0 Å². The van der Waals surface area contributed by atoms with Gasteiger partial charge in [0.15, 0.2) is 0 Å². The maximum Gasteiger partial charge on any atom is 0.0756 e. The number of nitrogens with two attached hydrogens (primary N) is 1. The molecule has 2 rings (SSSR count). The Balaban J connectivity index is 2.20. The summed E-state index contributed by atoms with van der Waals surface area (Å²) in [5.41, 5.74) is 6.94. The highest BCUT2D eigenvalue weighted by atomic mass is 15.4. The molecule has 0 spiro atoms. The van der Waals surface area contributed by atoms with Crippen LogP contribution in [0, 0.1) is 5.92 Å². The summed E-state index contributed by atoms with van der Waals surface area (Å²) in [4.78, 5) is 0. The topological polar surface area (TPSA) is 68.8 Å². The van der Waals surface area contributed by atoms with Gasteiger partial charge >= 0.3 is 0 Å². The van der Waals surface area contributed by atoms with E-state index in [0.717, 1.165) is 12.2 Å². The Labute approximate surface area is 90.0 Å². The first kappa shape index (κ1) is 10.6. The minimum absolute atomic E-state index is 0.304. The molecular formula is C10H19N5. The van der Waals surface area contributed by atoms with Crippen molar-refractivity contribution in [3.63, 3.8) is 0 Å². The Morgan fingerprint density at radius 3 is 3.00 bits per heavy atom. The van der Waals surface area contributed by atoms with Gasteiger partial charge < -0.3 is 11.1 Å². The van der Waals surface area contributed by atoms with E-state index in [0.29, 0.717) is 18.0 Å². The molecule has 1 aromatic heterocycles. The third-order valence-corrected chi connectivity index (χ3v) is 3.28. The third-order valence-electron chi connectivity index (χ3n) is 3.28. The summed E-state index contributed by atoms with van der Waals surface area (Å²) in [5, 5.41) is 11.5. The van der Waals surface area contributed by atoms with Crippen LogP contribution in [0.25, 0.3) is 0 Å². The number of piperidine rings is 1. The molecule has 0 amide bonds. The second-order valence-electron chi connectivity index (χ2n) is 4.40. The fourth-order valence-electron chi connectivity index (χ4n) is 2.32. The predicted molar refractivity (Wildman–Crippen MR) is 58.1 cm³/mol. The van der Waals surface area contributed by atoms with Crippen LogP contribution in [0.15, 0.2) is 6.20 Å². The van der Waals surface area contributed by atoms with Crippen molar-refractivity contribution in [3.8, 4) is 0 Å². The van der Waals surface area contributed by atoms with Gasteiger partial charge in [-0.25, -0.2) is 0 Å². The molecule has 1 aliphatic rings. The Morgan fingerprint density at radius 1 is 1.60 bits per heavy atom. The van der Waals surface area contributed by atoms with Crippen LogP contribution in [0.4, 0.5) is 0 Å². The van der Waals surface area contributed by atoms with Crippen molar-refractivity contribution in [2.45, 2.75) is 31.8 Å². The van der Waals surface area contributed by atoms with Gasteiger partial charge in [0, 0.05) is 13.1 Å². The van der Waals surface area contributed by atoms with E-state index >= 15 is 0 Å². The van der Waals surface area contributed by atoms with Gasteiger partial charge in [0.05, 0.1) is 17.9 Å². The zero-order valence-electron chi connectivity index (χ0n) is 9.35. The van der Waals surface area contributed by atoms with Gasteiger partial charge in [0.25, 0.3) is 0 Å². The maximum absolute atomic E-state index is 5.81. The lowest BCUT2D eigenvalue weighted by molar-refractivity contribution is 0.238. The summed E-state index contributed by atoms with van der Waals surface area (Å²) < 4.78 is 1.83. The van der Waals surface area contributed by atoms with Crippen molar-refractivity contribution in [2.24, 2.45) is 18.7 Å². The van der Waals surface area contributed by atoms with E-state index in [1.807, 2.05) is 17.9 Å². The van der Waals surface area contributed by atoms with Crippen LogP contribution in [0.1, 0.15) is 31.5 Å². The van der Waals surface area contributed by atoms with E-state index in [-0.39, 0.29) is 0 Å². The normalized spacial score (nSPS) is 31.8. The minimum atomic E-state index is 0.304. The standard InChI is InChI=1S/C10H19N5/c1-7-3-4-8(5-11)10(13-7)9-6-12-14-15(9)2/h6-8,10,13H,3-5,11H2,1-2H3. The lowest BCUT2D eigenvalue weighted by Crippen LogP contribution is -2.43. The SMILES string of the molecule is CC1CCC(CN)C(c2cnnn2C)N1. The van der Waals surface area contributed by atoms with Crippen LogP contribution < -0.4 is 11.1 Å². The number of nitrogens with one attached hydrogen (secondary N) is 1. The van der Waals surface area contributed by atoms with Gasteiger partial charge in [0.2, 0.25) is 0 Å². The minimum Gasteiger partial charge on any atom is -0.330 e. The first-order valence-electron chi connectivity index (χ1n) is 5.53. The number of nitrogens with zero attached hydrogens (tertiary/aromatic N) is 3. The fraction of sp³-hybridized carbons (Fsp3) is 0.800. The van der Waals surface area contributed by atoms with Gasteiger partial charge in [-0.3, -0.25) is 4.68 Å². The summed E-state index contributed by atoms with van der Waals surface area (Å²) in [6.07, 6.45) is 4.21. The van der Waals surface area contributed by atoms with Gasteiger partial charge in [-0.05, 0) is 32.2 Å². The molecule has 84 valence electrons. The van der Waals surface area contributed by atoms with Crippen LogP contribution in [0.5, 0.6) is 0 Å². The molecule has 0 saturated carbocycles. The second kappa shape index (κ2) is 4.28. The molecule has 1 saturated heterocycles.